The van der Waals surface area contributed by atoms with Gasteiger partial charge >= 0.3 is 0 Å². The van der Waals surface area contributed by atoms with Crippen LogP contribution in [0.15, 0.2) is 78.9 Å². The van der Waals surface area contributed by atoms with Crippen LogP contribution in [0.4, 0.5) is 11.4 Å². The Bertz CT molecular complexity index is 1020. The number of likely N-dealkylation sites (N-methyl/N-ethyl adjacent to an activating group) is 1. The Morgan fingerprint density at radius 2 is 1.47 bits per heavy atom. The molecule has 0 radical (unpaired) electrons. The van der Waals surface area contributed by atoms with Gasteiger partial charge in [0.2, 0.25) is 5.91 Å². The number of ether oxygens (including phenoxy) is 1. The fraction of sp³-hybridized carbons (Fsp3) is 0.231. The van der Waals surface area contributed by atoms with Crippen LogP contribution in [0.25, 0.3) is 0 Å². The topological polar surface area (TPSA) is 70.7 Å². The number of amides is 2. The summed E-state index contributed by atoms with van der Waals surface area (Å²) in [6, 6.07) is 24.2. The maximum atomic E-state index is 12.5. The molecule has 0 aliphatic rings. The molecule has 6 nitrogen and oxygen atoms in total. The van der Waals surface area contributed by atoms with Gasteiger partial charge in [0.25, 0.3) is 5.91 Å². The van der Waals surface area contributed by atoms with Gasteiger partial charge in [-0.05, 0) is 75.0 Å². The Morgan fingerprint density at radius 3 is 2.09 bits per heavy atom. The van der Waals surface area contributed by atoms with Gasteiger partial charge in [0, 0.05) is 23.0 Å². The molecule has 0 aromatic heterocycles. The van der Waals surface area contributed by atoms with Crippen LogP contribution in [0.2, 0.25) is 0 Å². The van der Waals surface area contributed by atoms with Gasteiger partial charge in [-0.15, -0.1) is 0 Å². The Kier molecular flexibility index (Phi) is 8.00. The molecule has 0 fully saturated rings. The molecule has 0 bridgehead atoms. The number of carbonyl (C=O) groups is 2. The Hall–Kier alpha value is -3.64. The van der Waals surface area contributed by atoms with E-state index in [0.717, 1.165) is 11.3 Å². The van der Waals surface area contributed by atoms with E-state index in [0.29, 0.717) is 23.5 Å². The fourth-order valence-corrected chi connectivity index (χ4v) is 3.26. The second-order valence-electron chi connectivity index (χ2n) is 7.54. The second-order valence-corrected chi connectivity index (χ2v) is 7.54. The first kappa shape index (κ1) is 23.0. The smallest absolute Gasteiger partial charge is 0.255 e. The van der Waals surface area contributed by atoms with Crippen LogP contribution in [0.3, 0.4) is 0 Å². The average Bonchev–Trinajstić information content (AvgIpc) is 2.81. The van der Waals surface area contributed by atoms with E-state index in [1.807, 2.05) is 49.2 Å². The lowest BCUT2D eigenvalue weighted by atomic mass is 10.1. The molecular weight excluding hydrogens is 402 g/mol. The van der Waals surface area contributed by atoms with Crippen molar-refractivity contribution >= 4 is 23.2 Å². The maximum Gasteiger partial charge on any atom is 0.255 e. The molecule has 0 aliphatic heterocycles. The van der Waals surface area contributed by atoms with Gasteiger partial charge in [0.05, 0.1) is 13.2 Å². The Morgan fingerprint density at radius 1 is 0.875 bits per heavy atom. The summed E-state index contributed by atoms with van der Waals surface area (Å²) in [5.74, 6) is 0.430. The van der Waals surface area contributed by atoms with Crippen LogP contribution < -0.4 is 15.4 Å². The van der Waals surface area contributed by atoms with E-state index in [2.05, 4.69) is 29.7 Å². The molecule has 0 saturated carbocycles. The number of rotatable bonds is 9. The fourth-order valence-electron chi connectivity index (χ4n) is 3.26. The maximum absolute atomic E-state index is 12.5. The van der Waals surface area contributed by atoms with Crippen molar-refractivity contribution < 1.29 is 14.3 Å². The number of hydrogen-bond acceptors (Lipinski definition) is 4. The van der Waals surface area contributed by atoms with Gasteiger partial charge in [-0.1, -0.05) is 30.3 Å². The van der Waals surface area contributed by atoms with Crippen LogP contribution in [0.1, 0.15) is 35.8 Å². The first-order chi connectivity index (χ1) is 15.5. The van der Waals surface area contributed by atoms with Crippen molar-refractivity contribution in [2.24, 2.45) is 0 Å². The highest BCUT2D eigenvalue weighted by Gasteiger charge is 2.15. The molecule has 3 aromatic rings. The minimum atomic E-state index is -0.219. The largest absolute Gasteiger partial charge is 0.494 e. The van der Waals surface area contributed by atoms with Crippen molar-refractivity contribution in [3.63, 3.8) is 0 Å². The summed E-state index contributed by atoms with van der Waals surface area (Å²) in [5, 5.41) is 5.74. The van der Waals surface area contributed by atoms with Crippen molar-refractivity contribution in [2.45, 2.75) is 19.9 Å². The number of nitrogens with zero attached hydrogens (tertiary/aromatic N) is 1. The Labute approximate surface area is 189 Å². The van der Waals surface area contributed by atoms with Gasteiger partial charge in [-0.25, -0.2) is 0 Å². The minimum Gasteiger partial charge on any atom is -0.494 e. The second kappa shape index (κ2) is 11.1. The van der Waals surface area contributed by atoms with E-state index in [1.54, 1.807) is 36.4 Å². The lowest BCUT2D eigenvalue weighted by Gasteiger charge is -2.24. The summed E-state index contributed by atoms with van der Waals surface area (Å²) in [6.07, 6.45) is 0. The van der Waals surface area contributed by atoms with E-state index >= 15 is 0 Å². The summed E-state index contributed by atoms with van der Waals surface area (Å²) >= 11 is 0. The molecule has 1 unspecified atom stereocenters. The number of hydrogen-bond donors (Lipinski definition) is 2. The Balaban J connectivity index is 1.52. The molecule has 2 N–H and O–H groups in total. The predicted octanol–water partition coefficient (Wildman–Crippen LogP) is 4.97. The number of carbonyl (C=O) groups excluding carboxylic acids is 2. The zero-order chi connectivity index (χ0) is 22.9. The first-order valence-electron chi connectivity index (χ1n) is 10.7. The van der Waals surface area contributed by atoms with Gasteiger partial charge in [0.1, 0.15) is 5.75 Å². The van der Waals surface area contributed by atoms with Crippen molar-refractivity contribution in [1.82, 2.24) is 4.90 Å². The van der Waals surface area contributed by atoms with Crippen molar-refractivity contribution in [3.05, 3.63) is 90.0 Å². The molecule has 0 spiro atoms. The third kappa shape index (κ3) is 6.43. The average molecular weight is 432 g/mol. The lowest BCUT2D eigenvalue weighted by molar-refractivity contribution is -0.117. The minimum absolute atomic E-state index is 0.109. The lowest BCUT2D eigenvalue weighted by Crippen LogP contribution is -2.32. The molecule has 2 amide bonds. The van der Waals surface area contributed by atoms with E-state index in [-0.39, 0.29) is 24.4 Å². The van der Waals surface area contributed by atoms with E-state index in [1.165, 1.54) is 0 Å². The summed E-state index contributed by atoms with van der Waals surface area (Å²) < 4.78 is 5.40. The summed E-state index contributed by atoms with van der Waals surface area (Å²) in [5.41, 5.74) is 3.00. The van der Waals surface area contributed by atoms with E-state index < -0.39 is 0 Å². The normalized spacial score (nSPS) is 11.6. The number of benzene rings is 3. The molecule has 6 heteroatoms. The standard InChI is InChI=1S/C26H29N3O3/c1-4-32-24-16-14-23(15-17-24)28-26(31)21-10-12-22(13-11-21)27-25(30)18-29(3)19(2)20-8-6-5-7-9-20/h5-17,19H,4,18H2,1-3H3,(H,27,30)(H,28,31). The molecule has 166 valence electrons. The van der Waals surface area contributed by atoms with E-state index in [9.17, 15) is 9.59 Å². The van der Waals surface area contributed by atoms with Gasteiger partial charge in [-0.2, -0.15) is 0 Å². The highest BCUT2D eigenvalue weighted by molar-refractivity contribution is 6.04. The van der Waals surface area contributed by atoms with Gasteiger partial charge in [0.15, 0.2) is 0 Å². The SMILES string of the molecule is CCOc1ccc(NC(=O)c2ccc(NC(=O)CN(C)C(C)c3ccccc3)cc2)cc1. The monoisotopic (exact) mass is 431 g/mol. The molecule has 0 heterocycles. The third-order valence-corrected chi connectivity index (χ3v) is 5.19. The summed E-state index contributed by atoms with van der Waals surface area (Å²) in [4.78, 5) is 26.9. The number of anilines is 2. The first-order valence-corrected chi connectivity index (χ1v) is 10.7. The van der Waals surface area contributed by atoms with Crippen LogP contribution in [-0.2, 0) is 4.79 Å². The van der Waals surface area contributed by atoms with Crippen LogP contribution in [0, 0.1) is 0 Å². The summed E-state index contributed by atoms with van der Waals surface area (Å²) in [6.45, 7) is 4.85. The predicted molar refractivity (Wildman–Crippen MR) is 128 cm³/mol. The molecular formula is C26H29N3O3. The van der Waals surface area contributed by atoms with Gasteiger partial charge in [-0.3, -0.25) is 14.5 Å². The number of nitrogens with one attached hydrogen (secondary N) is 2. The van der Waals surface area contributed by atoms with Crippen LogP contribution in [0.5, 0.6) is 5.75 Å². The van der Waals surface area contributed by atoms with E-state index in [4.69, 9.17) is 4.74 Å². The highest BCUT2D eigenvalue weighted by Crippen LogP contribution is 2.19. The molecule has 3 aromatic carbocycles. The summed E-state index contributed by atoms with van der Waals surface area (Å²) in [7, 11) is 1.92. The zero-order valence-electron chi connectivity index (χ0n) is 18.7. The molecule has 1 atom stereocenters. The van der Waals surface area contributed by atoms with Crippen molar-refractivity contribution in [3.8, 4) is 5.75 Å². The van der Waals surface area contributed by atoms with Crippen LogP contribution >= 0.6 is 0 Å². The van der Waals surface area contributed by atoms with Crippen molar-refractivity contribution in [2.75, 3.05) is 30.8 Å². The van der Waals surface area contributed by atoms with Crippen molar-refractivity contribution in [1.29, 1.82) is 0 Å². The molecule has 3 rings (SSSR count). The van der Waals surface area contributed by atoms with Gasteiger partial charge < -0.3 is 15.4 Å². The zero-order valence-corrected chi connectivity index (χ0v) is 18.7. The van der Waals surface area contributed by atoms with Crippen LogP contribution in [-0.4, -0.2) is 36.9 Å². The highest BCUT2D eigenvalue weighted by atomic mass is 16.5. The third-order valence-electron chi connectivity index (χ3n) is 5.19. The molecule has 32 heavy (non-hydrogen) atoms. The quantitative estimate of drug-likeness (QED) is 0.502. The molecule has 0 saturated heterocycles. The molecule has 0 aliphatic carbocycles.